The minimum absolute atomic E-state index is 0.181. The molecule has 0 aliphatic carbocycles. The van der Waals surface area contributed by atoms with E-state index in [1.54, 1.807) is 6.08 Å². The molecule has 0 saturated carbocycles. The van der Waals surface area contributed by atoms with Gasteiger partial charge in [-0.3, -0.25) is 0 Å². The van der Waals surface area contributed by atoms with E-state index in [2.05, 4.69) is 19.1 Å². The standard InChI is InChI=1S/C35H62O7/c1-3-4-5-6-7-8-9-10-11-15-21-31(38)33-23-24-34(42-33)32(39)22-17-16-19-29(36)18-13-12-14-20-30(37)26-28-25-27(2)41-35(28)40/h10-11,25,27,29-34,36-39H,3-9,12-24,26H2,1-2H3/b11-10-/t27-,29?,30?,31-,32+,33-,34-/m0/s1. The number of hydrogen-bond donors (Lipinski definition) is 4. The Labute approximate surface area is 255 Å². The van der Waals surface area contributed by atoms with E-state index >= 15 is 0 Å². The van der Waals surface area contributed by atoms with Gasteiger partial charge >= 0.3 is 5.97 Å². The molecule has 2 aliphatic rings. The van der Waals surface area contributed by atoms with Crippen LogP contribution in [0, 0.1) is 0 Å². The predicted molar refractivity (Wildman–Crippen MR) is 168 cm³/mol. The summed E-state index contributed by atoms with van der Waals surface area (Å²) in [6.45, 7) is 4.06. The number of cyclic esters (lactones) is 1. The Morgan fingerprint density at radius 2 is 1.29 bits per heavy atom. The number of hydrogen-bond acceptors (Lipinski definition) is 7. The number of aliphatic hydroxyl groups is 4. The number of rotatable bonds is 25. The van der Waals surface area contributed by atoms with Gasteiger partial charge in [-0.2, -0.15) is 0 Å². The zero-order chi connectivity index (χ0) is 30.6. The van der Waals surface area contributed by atoms with Gasteiger partial charge in [0.25, 0.3) is 0 Å². The van der Waals surface area contributed by atoms with Gasteiger partial charge in [0, 0.05) is 12.0 Å². The van der Waals surface area contributed by atoms with Crippen LogP contribution in [0.3, 0.4) is 0 Å². The summed E-state index contributed by atoms with van der Waals surface area (Å²) in [6.07, 6.45) is 23.4. The molecular weight excluding hydrogens is 532 g/mol. The van der Waals surface area contributed by atoms with E-state index < -0.39 is 18.3 Å². The van der Waals surface area contributed by atoms with Gasteiger partial charge in [-0.05, 0) is 77.2 Å². The normalized spacial score (nSPS) is 23.7. The molecule has 4 N–H and O–H groups in total. The van der Waals surface area contributed by atoms with Crippen molar-refractivity contribution in [3.63, 3.8) is 0 Å². The zero-order valence-corrected chi connectivity index (χ0v) is 26.6. The van der Waals surface area contributed by atoms with Crippen molar-refractivity contribution in [3.05, 3.63) is 23.8 Å². The van der Waals surface area contributed by atoms with Crippen LogP contribution in [0.1, 0.15) is 149 Å². The summed E-state index contributed by atoms with van der Waals surface area (Å²) in [4.78, 5) is 11.6. The number of ether oxygens (including phenoxy) is 2. The molecule has 0 radical (unpaired) electrons. The Hall–Kier alpha value is -1.25. The first-order chi connectivity index (χ1) is 20.3. The highest BCUT2D eigenvalue weighted by Crippen LogP contribution is 2.28. The molecule has 0 aromatic carbocycles. The SMILES string of the molecule is CCCCCCCC/C=C\CC[C@H](O)[C@@H]1CC[C@@H]([C@H](O)CCCCC(O)CCCCCC(O)CC2=C[C@H](C)OC2=O)O1. The summed E-state index contributed by atoms with van der Waals surface area (Å²) < 4.78 is 11.1. The van der Waals surface area contributed by atoms with E-state index in [1.807, 2.05) is 6.92 Å². The number of carbonyl (C=O) groups is 1. The van der Waals surface area contributed by atoms with E-state index in [-0.39, 0.29) is 30.4 Å². The number of allylic oxidation sites excluding steroid dienone is 2. The molecule has 2 rings (SSSR count). The molecule has 2 unspecified atom stereocenters. The highest BCUT2D eigenvalue weighted by atomic mass is 16.5. The lowest BCUT2D eigenvalue weighted by Gasteiger charge is -2.22. The van der Waals surface area contributed by atoms with Gasteiger partial charge in [-0.1, -0.05) is 83.3 Å². The minimum atomic E-state index is -0.533. The Bertz CT molecular complexity index is 766. The molecule has 0 spiro atoms. The second-order valence-electron chi connectivity index (χ2n) is 12.8. The van der Waals surface area contributed by atoms with Crippen molar-refractivity contribution in [1.29, 1.82) is 0 Å². The molecule has 1 fully saturated rings. The van der Waals surface area contributed by atoms with Crippen LogP contribution in [-0.2, 0) is 14.3 Å². The molecule has 42 heavy (non-hydrogen) atoms. The first-order valence-electron chi connectivity index (χ1n) is 17.2. The van der Waals surface area contributed by atoms with E-state index in [0.29, 0.717) is 31.3 Å². The second kappa shape index (κ2) is 22.3. The first kappa shape index (κ1) is 36.9. The van der Waals surface area contributed by atoms with Gasteiger partial charge in [0.1, 0.15) is 6.10 Å². The fourth-order valence-electron chi connectivity index (χ4n) is 6.12. The van der Waals surface area contributed by atoms with Gasteiger partial charge in [-0.25, -0.2) is 4.79 Å². The molecule has 2 heterocycles. The van der Waals surface area contributed by atoms with Gasteiger partial charge < -0.3 is 29.9 Å². The molecule has 7 heteroatoms. The average Bonchev–Trinajstić information content (AvgIpc) is 3.58. The van der Waals surface area contributed by atoms with Crippen LogP contribution in [0.4, 0.5) is 0 Å². The van der Waals surface area contributed by atoms with Gasteiger partial charge in [0.05, 0.1) is 36.6 Å². The van der Waals surface area contributed by atoms with Crippen molar-refractivity contribution in [2.75, 3.05) is 0 Å². The molecular formula is C35H62O7. The monoisotopic (exact) mass is 594 g/mol. The lowest BCUT2D eigenvalue weighted by molar-refractivity contribution is -0.139. The van der Waals surface area contributed by atoms with Gasteiger partial charge in [0.2, 0.25) is 0 Å². The van der Waals surface area contributed by atoms with Crippen LogP contribution >= 0.6 is 0 Å². The molecule has 2 aliphatic heterocycles. The molecule has 0 amide bonds. The van der Waals surface area contributed by atoms with E-state index in [0.717, 1.165) is 70.6 Å². The zero-order valence-electron chi connectivity index (χ0n) is 26.6. The largest absolute Gasteiger partial charge is 0.455 e. The molecule has 0 aromatic heterocycles. The third-order valence-electron chi connectivity index (χ3n) is 8.77. The second-order valence-corrected chi connectivity index (χ2v) is 12.8. The topological polar surface area (TPSA) is 116 Å². The van der Waals surface area contributed by atoms with Crippen molar-refractivity contribution in [2.24, 2.45) is 0 Å². The van der Waals surface area contributed by atoms with Crippen molar-refractivity contribution >= 4 is 5.97 Å². The van der Waals surface area contributed by atoms with E-state index in [9.17, 15) is 25.2 Å². The number of esters is 1. The molecule has 244 valence electrons. The highest BCUT2D eigenvalue weighted by Gasteiger charge is 2.34. The molecule has 7 atom stereocenters. The number of aliphatic hydroxyl groups excluding tert-OH is 4. The average molecular weight is 595 g/mol. The maximum Gasteiger partial charge on any atom is 0.334 e. The van der Waals surface area contributed by atoms with Crippen LogP contribution in [0.25, 0.3) is 0 Å². The third-order valence-corrected chi connectivity index (χ3v) is 8.77. The van der Waals surface area contributed by atoms with Crippen LogP contribution < -0.4 is 0 Å². The van der Waals surface area contributed by atoms with Crippen LogP contribution in [0.5, 0.6) is 0 Å². The fraction of sp³-hybridized carbons (Fsp3) is 0.857. The number of carbonyl (C=O) groups excluding carboxylic acids is 1. The Kier molecular flexibility index (Phi) is 19.6. The van der Waals surface area contributed by atoms with Crippen LogP contribution in [0.15, 0.2) is 23.8 Å². The summed E-state index contributed by atoms with van der Waals surface area (Å²) in [5.41, 5.74) is 0.574. The van der Waals surface area contributed by atoms with Crippen molar-refractivity contribution in [1.82, 2.24) is 0 Å². The minimum Gasteiger partial charge on any atom is -0.455 e. The summed E-state index contributed by atoms with van der Waals surface area (Å²) >= 11 is 0. The van der Waals surface area contributed by atoms with Gasteiger partial charge in [0.15, 0.2) is 0 Å². The maximum absolute atomic E-state index is 11.6. The Balaban J connectivity index is 1.43. The smallest absolute Gasteiger partial charge is 0.334 e. The van der Waals surface area contributed by atoms with E-state index in [4.69, 9.17) is 9.47 Å². The molecule has 0 aromatic rings. The van der Waals surface area contributed by atoms with Gasteiger partial charge in [-0.15, -0.1) is 0 Å². The van der Waals surface area contributed by atoms with Crippen molar-refractivity contribution in [3.8, 4) is 0 Å². The Morgan fingerprint density at radius 1 is 0.738 bits per heavy atom. The molecule has 0 bridgehead atoms. The maximum atomic E-state index is 11.6. The quantitative estimate of drug-likeness (QED) is 0.0520. The predicted octanol–water partition coefficient (Wildman–Crippen LogP) is 6.84. The highest BCUT2D eigenvalue weighted by molar-refractivity contribution is 5.90. The van der Waals surface area contributed by atoms with Crippen molar-refractivity contribution in [2.45, 2.75) is 191 Å². The van der Waals surface area contributed by atoms with Crippen LogP contribution in [0.2, 0.25) is 0 Å². The third kappa shape index (κ3) is 16.0. The van der Waals surface area contributed by atoms with Crippen LogP contribution in [-0.4, -0.2) is 69.1 Å². The van der Waals surface area contributed by atoms with E-state index in [1.165, 1.54) is 38.5 Å². The molecule has 7 nitrogen and oxygen atoms in total. The summed E-state index contributed by atoms with van der Waals surface area (Å²) in [6, 6.07) is 0. The number of unbranched alkanes of at least 4 members (excludes halogenated alkanes) is 9. The lowest BCUT2D eigenvalue weighted by atomic mass is 9.99. The fourth-order valence-corrected chi connectivity index (χ4v) is 6.12. The lowest BCUT2D eigenvalue weighted by Crippen LogP contribution is -2.31. The summed E-state index contributed by atoms with van der Waals surface area (Å²) in [5.74, 6) is -0.316. The summed E-state index contributed by atoms with van der Waals surface area (Å²) in [5, 5.41) is 41.7. The molecule has 1 saturated heterocycles. The Morgan fingerprint density at radius 3 is 1.95 bits per heavy atom. The summed E-state index contributed by atoms with van der Waals surface area (Å²) in [7, 11) is 0. The van der Waals surface area contributed by atoms with Crippen molar-refractivity contribution < 1.29 is 34.7 Å². The first-order valence-corrected chi connectivity index (χ1v) is 17.2.